The molecular weight excluding hydrogens is 255 g/mol. The Balaban J connectivity index is 1.90. The van der Waals surface area contributed by atoms with E-state index in [-0.39, 0.29) is 0 Å². The molecular formula is C15H13FN4. The van der Waals surface area contributed by atoms with Gasteiger partial charge >= 0.3 is 0 Å². The van der Waals surface area contributed by atoms with E-state index in [1.807, 2.05) is 42.6 Å². The summed E-state index contributed by atoms with van der Waals surface area (Å²) in [4.78, 5) is 3.81. The van der Waals surface area contributed by atoms with Gasteiger partial charge in [-0.3, -0.25) is 4.98 Å². The molecule has 1 atom stereocenters. The molecule has 2 aromatic heterocycles. The van der Waals surface area contributed by atoms with Crippen LogP contribution in [0.5, 0.6) is 0 Å². The van der Waals surface area contributed by atoms with Crippen molar-refractivity contribution in [2.24, 2.45) is 5.73 Å². The maximum atomic E-state index is 13.2. The second-order valence-electron chi connectivity index (χ2n) is 4.43. The van der Waals surface area contributed by atoms with Crippen molar-refractivity contribution in [2.45, 2.75) is 6.04 Å². The van der Waals surface area contributed by atoms with Crippen molar-refractivity contribution in [3.05, 3.63) is 78.1 Å². The van der Waals surface area contributed by atoms with Crippen LogP contribution in [0.15, 0.2) is 61.1 Å². The normalized spacial score (nSPS) is 12.3. The molecule has 0 spiro atoms. The van der Waals surface area contributed by atoms with E-state index < -0.39 is 11.9 Å². The van der Waals surface area contributed by atoms with Crippen LogP contribution in [0, 0.1) is 5.82 Å². The lowest BCUT2D eigenvalue weighted by Crippen LogP contribution is -2.13. The van der Waals surface area contributed by atoms with Crippen LogP contribution in [0.1, 0.15) is 17.3 Å². The predicted octanol–water partition coefficient (Wildman–Crippen LogP) is 2.45. The molecule has 0 fully saturated rings. The fourth-order valence-electron chi connectivity index (χ4n) is 2.00. The summed E-state index contributed by atoms with van der Waals surface area (Å²) in [6.07, 6.45) is 4.53. The number of nitrogens with two attached hydrogens (primary N) is 1. The van der Waals surface area contributed by atoms with Crippen LogP contribution < -0.4 is 5.73 Å². The second kappa shape index (κ2) is 5.22. The number of hydrogen-bond donors (Lipinski definition) is 1. The van der Waals surface area contributed by atoms with Crippen LogP contribution in [-0.4, -0.2) is 14.8 Å². The maximum absolute atomic E-state index is 13.2. The van der Waals surface area contributed by atoms with Crippen molar-refractivity contribution in [1.29, 1.82) is 0 Å². The molecule has 3 aromatic rings. The number of aromatic nitrogens is 3. The van der Waals surface area contributed by atoms with E-state index in [1.165, 1.54) is 6.07 Å². The molecule has 3 rings (SSSR count). The largest absolute Gasteiger partial charge is 0.319 e. The molecule has 2 heterocycles. The highest BCUT2D eigenvalue weighted by molar-refractivity contribution is 5.32. The van der Waals surface area contributed by atoms with Crippen LogP contribution >= 0.6 is 0 Å². The summed E-state index contributed by atoms with van der Waals surface area (Å²) in [6, 6.07) is 12.4. The van der Waals surface area contributed by atoms with Gasteiger partial charge in [0.2, 0.25) is 0 Å². The Bertz CT molecular complexity index is 709. The third kappa shape index (κ3) is 2.44. The Morgan fingerprint density at radius 2 is 1.90 bits per heavy atom. The van der Waals surface area contributed by atoms with Crippen molar-refractivity contribution in [2.75, 3.05) is 0 Å². The van der Waals surface area contributed by atoms with E-state index in [0.29, 0.717) is 11.3 Å². The minimum Gasteiger partial charge on any atom is -0.319 e. The SMILES string of the molecule is NC(c1cncc(F)c1)c1ccn(-c2ccccc2)n1. The van der Waals surface area contributed by atoms with Gasteiger partial charge in [0, 0.05) is 12.4 Å². The molecule has 0 saturated carbocycles. The fourth-order valence-corrected chi connectivity index (χ4v) is 2.00. The Labute approximate surface area is 115 Å². The Hall–Kier alpha value is -2.53. The van der Waals surface area contributed by atoms with Gasteiger partial charge in [-0.15, -0.1) is 0 Å². The second-order valence-corrected chi connectivity index (χ2v) is 4.43. The van der Waals surface area contributed by atoms with Crippen molar-refractivity contribution in [3.63, 3.8) is 0 Å². The molecule has 0 bridgehead atoms. The number of para-hydroxylation sites is 1. The fraction of sp³-hybridized carbons (Fsp3) is 0.0667. The van der Waals surface area contributed by atoms with Gasteiger partial charge in [0.15, 0.2) is 0 Å². The first-order valence-corrected chi connectivity index (χ1v) is 6.21. The third-order valence-electron chi connectivity index (χ3n) is 3.03. The number of hydrogen-bond acceptors (Lipinski definition) is 3. The first kappa shape index (κ1) is 12.5. The summed E-state index contributed by atoms with van der Waals surface area (Å²) in [5.41, 5.74) is 8.31. The van der Waals surface area contributed by atoms with Gasteiger partial charge in [-0.05, 0) is 29.8 Å². The van der Waals surface area contributed by atoms with Crippen LogP contribution in [0.2, 0.25) is 0 Å². The van der Waals surface area contributed by atoms with Crippen molar-refractivity contribution in [1.82, 2.24) is 14.8 Å². The van der Waals surface area contributed by atoms with Crippen LogP contribution in [0.3, 0.4) is 0 Å². The zero-order chi connectivity index (χ0) is 13.9. The van der Waals surface area contributed by atoms with Gasteiger partial charge in [-0.1, -0.05) is 18.2 Å². The molecule has 0 aliphatic carbocycles. The Morgan fingerprint density at radius 3 is 2.65 bits per heavy atom. The highest BCUT2D eigenvalue weighted by Gasteiger charge is 2.13. The van der Waals surface area contributed by atoms with Crippen LogP contribution in [0.25, 0.3) is 5.69 Å². The van der Waals surface area contributed by atoms with E-state index in [2.05, 4.69) is 10.1 Å². The molecule has 4 nitrogen and oxygen atoms in total. The zero-order valence-electron chi connectivity index (χ0n) is 10.6. The number of benzene rings is 1. The molecule has 5 heteroatoms. The highest BCUT2D eigenvalue weighted by Crippen LogP contribution is 2.18. The van der Waals surface area contributed by atoms with Gasteiger partial charge in [0.05, 0.1) is 23.6 Å². The quantitative estimate of drug-likeness (QED) is 0.793. The molecule has 0 aliphatic rings. The highest BCUT2D eigenvalue weighted by atomic mass is 19.1. The van der Waals surface area contributed by atoms with Crippen LogP contribution in [-0.2, 0) is 0 Å². The molecule has 1 aromatic carbocycles. The van der Waals surface area contributed by atoms with Crippen LogP contribution in [0.4, 0.5) is 4.39 Å². The monoisotopic (exact) mass is 268 g/mol. The van der Waals surface area contributed by atoms with Gasteiger partial charge in [0.25, 0.3) is 0 Å². The van der Waals surface area contributed by atoms with Crippen molar-refractivity contribution in [3.8, 4) is 5.69 Å². The molecule has 0 aliphatic heterocycles. The molecule has 1 unspecified atom stereocenters. The summed E-state index contributed by atoms with van der Waals surface area (Å²) < 4.78 is 14.9. The molecule has 0 amide bonds. The first-order chi connectivity index (χ1) is 9.74. The topological polar surface area (TPSA) is 56.7 Å². The smallest absolute Gasteiger partial charge is 0.141 e. The van der Waals surface area contributed by atoms with Crippen molar-refractivity contribution >= 4 is 0 Å². The molecule has 20 heavy (non-hydrogen) atoms. The summed E-state index contributed by atoms with van der Waals surface area (Å²) in [5, 5.41) is 4.43. The van der Waals surface area contributed by atoms with Crippen molar-refractivity contribution < 1.29 is 4.39 Å². The predicted molar refractivity (Wildman–Crippen MR) is 73.8 cm³/mol. The Morgan fingerprint density at radius 1 is 1.10 bits per heavy atom. The molecule has 0 radical (unpaired) electrons. The summed E-state index contributed by atoms with van der Waals surface area (Å²) >= 11 is 0. The Kier molecular flexibility index (Phi) is 3.26. The molecule has 2 N–H and O–H groups in total. The number of halogens is 1. The zero-order valence-corrected chi connectivity index (χ0v) is 10.6. The average molecular weight is 268 g/mol. The van der Waals surface area contributed by atoms with Gasteiger partial charge in [0.1, 0.15) is 5.82 Å². The van der Waals surface area contributed by atoms with E-state index >= 15 is 0 Å². The minimum atomic E-state index is -0.497. The average Bonchev–Trinajstić information content (AvgIpc) is 2.97. The third-order valence-corrected chi connectivity index (χ3v) is 3.03. The number of nitrogens with zero attached hydrogens (tertiary/aromatic N) is 3. The van der Waals surface area contributed by atoms with E-state index in [4.69, 9.17) is 5.73 Å². The first-order valence-electron chi connectivity index (χ1n) is 6.21. The summed E-state index contributed by atoms with van der Waals surface area (Å²) in [7, 11) is 0. The number of rotatable bonds is 3. The molecule has 100 valence electrons. The van der Waals surface area contributed by atoms with E-state index in [9.17, 15) is 4.39 Å². The lowest BCUT2D eigenvalue weighted by Gasteiger charge is -2.08. The summed E-state index contributed by atoms with van der Waals surface area (Å²) in [5.74, 6) is -0.402. The maximum Gasteiger partial charge on any atom is 0.141 e. The lowest BCUT2D eigenvalue weighted by molar-refractivity contribution is 0.615. The minimum absolute atomic E-state index is 0.402. The van der Waals surface area contributed by atoms with E-state index in [1.54, 1.807) is 10.9 Å². The molecule has 0 saturated heterocycles. The number of pyridine rings is 1. The van der Waals surface area contributed by atoms with Gasteiger partial charge in [-0.2, -0.15) is 5.10 Å². The van der Waals surface area contributed by atoms with Gasteiger partial charge < -0.3 is 5.73 Å². The standard InChI is InChI=1S/C15H13FN4/c16-12-8-11(9-18-10-12)15(17)14-6-7-20(19-14)13-4-2-1-3-5-13/h1-10,15H,17H2. The lowest BCUT2D eigenvalue weighted by atomic mass is 10.1. The van der Waals surface area contributed by atoms with Gasteiger partial charge in [-0.25, -0.2) is 9.07 Å². The summed E-state index contributed by atoms with van der Waals surface area (Å²) in [6.45, 7) is 0. The van der Waals surface area contributed by atoms with E-state index in [0.717, 1.165) is 11.9 Å².